The van der Waals surface area contributed by atoms with Gasteiger partial charge in [-0.1, -0.05) is 23.1 Å². The van der Waals surface area contributed by atoms with Gasteiger partial charge in [-0.25, -0.2) is 0 Å². The van der Waals surface area contributed by atoms with E-state index in [4.69, 9.17) is 0 Å². The average Bonchev–Trinajstić information content (AvgIpc) is 2.28. The minimum Gasteiger partial charge on any atom is -0.594 e. The van der Waals surface area contributed by atoms with Gasteiger partial charge >= 0.3 is 0 Å². The predicted molar refractivity (Wildman–Crippen MR) is 61.7 cm³/mol. The molecular formula is C12H14N2O2. The van der Waals surface area contributed by atoms with Crippen LogP contribution in [-0.4, -0.2) is 16.7 Å². The molecule has 0 heterocycles. The summed E-state index contributed by atoms with van der Waals surface area (Å²) in [4.78, 5) is 11.4. The first-order chi connectivity index (χ1) is 7.52. The molecule has 0 saturated heterocycles. The summed E-state index contributed by atoms with van der Waals surface area (Å²) in [5.74, 6) is -0.151. The molecule has 1 aromatic rings. The molecule has 0 aromatic heterocycles. The van der Waals surface area contributed by atoms with Crippen LogP contribution in [0, 0.1) is 5.21 Å². The summed E-state index contributed by atoms with van der Waals surface area (Å²) in [6, 6.07) is 8.35. The third-order valence-corrected chi connectivity index (χ3v) is 2.20. The SMILES string of the molecule is C=C(c1ccccc1)[N+]([O-])=N[C@@H](C)C(C)=O. The largest absolute Gasteiger partial charge is 0.594 e. The Hall–Kier alpha value is -1.97. The number of carbonyl (C=O) groups excluding carboxylic acids is 1. The summed E-state index contributed by atoms with van der Waals surface area (Å²) in [5, 5.41) is 15.2. The van der Waals surface area contributed by atoms with Crippen LogP contribution < -0.4 is 0 Å². The Bertz CT molecular complexity index is 424. The second kappa shape index (κ2) is 5.21. The fourth-order valence-corrected chi connectivity index (χ4v) is 1.05. The number of azo groups is 1. The van der Waals surface area contributed by atoms with Crippen molar-refractivity contribution in [2.75, 3.05) is 0 Å². The van der Waals surface area contributed by atoms with E-state index >= 15 is 0 Å². The number of benzene rings is 1. The zero-order valence-corrected chi connectivity index (χ0v) is 9.38. The van der Waals surface area contributed by atoms with E-state index in [1.165, 1.54) is 6.92 Å². The van der Waals surface area contributed by atoms with E-state index in [1.54, 1.807) is 19.1 Å². The molecule has 0 aliphatic heterocycles. The number of Topliss-reactive ketones (excluding diaryl/α,β-unsaturated/α-hetero) is 1. The number of carbonyl (C=O) groups is 1. The van der Waals surface area contributed by atoms with Crippen molar-refractivity contribution in [1.82, 2.24) is 0 Å². The van der Waals surface area contributed by atoms with Crippen molar-refractivity contribution < 1.29 is 9.66 Å². The second-order valence-corrected chi connectivity index (χ2v) is 3.49. The van der Waals surface area contributed by atoms with Gasteiger partial charge in [-0.15, -0.1) is 0 Å². The topological polar surface area (TPSA) is 55.5 Å². The van der Waals surface area contributed by atoms with E-state index in [9.17, 15) is 10.0 Å². The van der Waals surface area contributed by atoms with Crippen molar-refractivity contribution in [3.05, 3.63) is 47.7 Å². The minimum atomic E-state index is -0.641. The first-order valence-electron chi connectivity index (χ1n) is 4.95. The standard InChI is InChI=1S/C12H14N2O2/c1-9(11(3)15)13-14(16)10(2)12-7-5-4-6-8-12/h4-9H,2H2,1,3H3/t9-/m0/s1. The maximum atomic E-state index is 11.6. The van der Waals surface area contributed by atoms with Gasteiger partial charge in [0.05, 0.1) is 0 Å². The lowest BCUT2D eigenvalue weighted by Crippen LogP contribution is -2.13. The smallest absolute Gasteiger partial charge is 0.244 e. The summed E-state index contributed by atoms with van der Waals surface area (Å²) in [6.07, 6.45) is 0. The van der Waals surface area contributed by atoms with Gasteiger partial charge in [0.2, 0.25) is 5.70 Å². The molecule has 0 radical (unpaired) electrons. The Kier molecular flexibility index (Phi) is 3.94. The van der Waals surface area contributed by atoms with E-state index in [1.807, 2.05) is 18.2 Å². The van der Waals surface area contributed by atoms with Crippen LogP contribution in [0.5, 0.6) is 0 Å². The van der Waals surface area contributed by atoms with Crippen LogP contribution in [0.15, 0.2) is 42.0 Å². The van der Waals surface area contributed by atoms with Crippen LogP contribution in [0.1, 0.15) is 19.4 Å². The van der Waals surface area contributed by atoms with Gasteiger partial charge < -0.3 is 5.21 Å². The molecule has 4 heteroatoms. The molecule has 0 fully saturated rings. The van der Waals surface area contributed by atoms with E-state index < -0.39 is 6.04 Å². The molecule has 1 atom stereocenters. The molecule has 0 unspecified atom stereocenters. The van der Waals surface area contributed by atoms with Crippen molar-refractivity contribution in [2.24, 2.45) is 5.11 Å². The Morgan fingerprint density at radius 2 is 2.00 bits per heavy atom. The lowest BCUT2D eigenvalue weighted by atomic mass is 10.2. The average molecular weight is 218 g/mol. The third-order valence-electron chi connectivity index (χ3n) is 2.20. The first-order valence-corrected chi connectivity index (χ1v) is 4.95. The van der Waals surface area contributed by atoms with E-state index in [0.717, 1.165) is 0 Å². The normalized spacial score (nSPS) is 13.2. The highest BCUT2D eigenvalue weighted by Crippen LogP contribution is 2.13. The fourth-order valence-electron chi connectivity index (χ4n) is 1.05. The van der Waals surface area contributed by atoms with Gasteiger partial charge in [0, 0.05) is 5.56 Å². The van der Waals surface area contributed by atoms with Gasteiger partial charge in [0.15, 0.2) is 11.8 Å². The first kappa shape index (κ1) is 12.1. The van der Waals surface area contributed by atoms with Crippen molar-refractivity contribution in [2.45, 2.75) is 19.9 Å². The summed E-state index contributed by atoms with van der Waals surface area (Å²) >= 11 is 0. The number of hydrogen-bond acceptors (Lipinski definition) is 3. The number of ketones is 1. The third kappa shape index (κ3) is 3.02. The van der Waals surface area contributed by atoms with Gasteiger partial charge in [0.1, 0.15) is 0 Å². The highest BCUT2D eigenvalue weighted by atomic mass is 16.5. The van der Waals surface area contributed by atoms with Gasteiger partial charge in [0.25, 0.3) is 0 Å². The monoisotopic (exact) mass is 218 g/mol. The lowest BCUT2D eigenvalue weighted by molar-refractivity contribution is -0.435. The summed E-state index contributed by atoms with van der Waals surface area (Å²) in [5.41, 5.74) is 0.922. The number of nitrogens with zero attached hydrogens (tertiary/aromatic N) is 2. The predicted octanol–water partition coefficient (Wildman–Crippen LogP) is 2.60. The summed E-state index contributed by atoms with van der Waals surface area (Å²) in [7, 11) is 0. The van der Waals surface area contributed by atoms with E-state index in [0.29, 0.717) is 10.4 Å². The van der Waals surface area contributed by atoms with Crippen molar-refractivity contribution in [3.8, 4) is 0 Å². The zero-order valence-electron chi connectivity index (χ0n) is 9.38. The number of hydroxylamine groups is 1. The molecule has 16 heavy (non-hydrogen) atoms. The summed E-state index contributed by atoms with van der Waals surface area (Å²) in [6.45, 7) is 6.62. The van der Waals surface area contributed by atoms with Crippen LogP contribution in [0.25, 0.3) is 5.70 Å². The molecule has 0 aliphatic rings. The maximum Gasteiger partial charge on any atom is 0.244 e. The molecule has 1 aromatic carbocycles. The molecule has 0 saturated carbocycles. The molecule has 0 spiro atoms. The Labute approximate surface area is 94.5 Å². The molecule has 0 N–H and O–H groups in total. The Balaban J connectivity index is 2.87. The second-order valence-electron chi connectivity index (χ2n) is 3.49. The van der Waals surface area contributed by atoms with Crippen LogP contribution in [0.2, 0.25) is 0 Å². The molecule has 0 aliphatic carbocycles. The quantitative estimate of drug-likeness (QED) is 0.443. The van der Waals surface area contributed by atoms with Gasteiger partial charge in [-0.2, -0.15) is 0 Å². The van der Waals surface area contributed by atoms with E-state index in [2.05, 4.69) is 11.7 Å². The fraction of sp³-hybridized carbons (Fsp3) is 0.250. The van der Waals surface area contributed by atoms with Crippen LogP contribution >= 0.6 is 0 Å². The molecule has 1 rings (SSSR count). The Morgan fingerprint density at radius 3 is 2.50 bits per heavy atom. The highest BCUT2D eigenvalue weighted by Gasteiger charge is 2.13. The van der Waals surface area contributed by atoms with Crippen LogP contribution in [-0.2, 0) is 4.79 Å². The van der Waals surface area contributed by atoms with Crippen molar-refractivity contribution >= 4 is 11.5 Å². The minimum absolute atomic E-state index is 0.151. The number of rotatable bonds is 4. The van der Waals surface area contributed by atoms with Crippen molar-refractivity contribution in [1.29, 1.82) is 0 Å². The van der Waals surface area contributed by atoms with Gasteiger partial charge in [-0.3, -0.25) is 4.79 Å². The molecule has 4 nitrogen and oxygen atoms in total. The Morgan fingerprint density at radius 1 is 1.44 bits per heavy atom. The molecule has 84 valence electrons. The van der Waals surface area contributed by atoms with E-state index in [-0.39, 0.29) is 11.5 Å². The molecular weight excluding hydrogens is 204 g/mol. The highest BCUT2D eigenvalue weighted by molar-refractivity contribution is 5.80. The molecule has 0 amide bonds. The molecule has 0 bridgehead atoms. The maximum absolute atomic E-state index is 11.6. The lowest BCUT2D eigenvalue weighted by Gasteiger charge is -2.04. The van der Waals surface area contributed by atoms with Crippen molar-refractivity contribution in [3.63, 3.8) is 0 Å². The number of hydrogen-bond donors (Lipinski definition) is 0. The summed E-state index contributed by atoms with van der Waals surface area (Å²) < 4.78 is 0. The van der Waals surface area contributed by atoms with Crippen LogP contribution in [0.3, 0.4) is 0 Å². The van der Waals surface area contributed by atoms with Crippen LogP contribution in [0.4, 0.5) is 0 Å². The van der Waals surface area contributed by atoms with Gasteiger partial charge in [-0.05, 0) is 37.7 Å². The zero-order chi connectivity index (χ0) is 12.1.